The van der Waals surface area contributed by atoms with E-state index in [1.165, 1.54) is 36.4 Å². The Labute approximate surface area is 225 Å². The van der Waals surface area contributed by atoms with Crippen LogP contribution in [0.3, 0.4) is 0 Å². The smallest absolute Gasteiger partial charge is 0.271 e. The maximum absolute atomic E-state index is 12.5. The van der Waals surface area contributed by atoms with Gasteiger partial charge in [-0.25, -0.2) is 5.01 Å². The lowest BCUT2D eigenvalue weighted by Crippen LogP contribution is -2.63. The molecule has 1 fully saturated rings. The molecule has 1 heterocycles. The molecule has 0 aromatic heterocycles. The Bertz CT molecular complexity index is 1470. The number of amides is 3. The maximum Gasteiger partial charge on any atom is 0.271 e. The number of carbonyl (C=O) groups excluding carboxylic acids is 3. The van der Waals surface area contributed by atoms with Crippen LogP contribution in [0, 0.1) is 10.1 Å². The molecule has 1 aliphatic heterocycles. The minimum absolute atomic E-state index is 0.129. The number of halogens is 2. The first-order chi connectivity index (χ1) is 18.1. The first-order valence-electron chi connectivity index (χ1n) is 10.9. The molecule has 3 amide bonds. The fourth-order valence-electron chi connectivity index (χ4n) is 3.59. The van der Waals surface area contributed by atoms with Crippen molar-refractivity contribution in [3.05, 3.63) is 87.4 Å². The molecule has 38 heavy (non-hydrogen) atoms. The van der Waals surface area contributed by atoms with Gasteiger partial charge < -0.3 is 10.4 Å². The van der Waals surface area contributed by atoms with Crippen molar-refractivity contribution < 1.29 is 24.4 Å². The van der Waals surface area contributed by atoms with Crippen molar-refractivity contribution in [3.63, 3.8) is 0 Å². The van der Waals surface area contributed by atoms with E-state index in [0.29, 0.717) is 16.4 Å². The van der Waals surface area contributed by atoms with Gasteiger partial charge in [-0.05, 0) is 42.5 Å². The van der Waals surface area contributed by atoms with Crippen LogP contribution in [0.5, 0.6) is 5.75 Å². The highest BCUT2D eigenvalue weighted by Crippen LogP contribution is 2.42. The van der Waals surface area contributed by atoms with E-state index < -0.39 is 40.5 Å². The zero-order valence-corrected chi connectivity index (χ0v) is 20.8. The van der Waals surface area contributed by atoms with Gasteiger partial charge in [-0.3, -0.25) is 29.9 Å². The average Bonchev–Trinajstić information content (AvgIpc) is 2.88. The first-order valence-corrected chi connectivity index (χ1v) is 11.7. The van der Waals surface area contributed by atoms with Crippen molar-refractivity contribution >= 4 is 63.7 Å². The SMILES string of the molecule is O=C(CC(=O)NN1C(=O)C(Cl)C1c1cc(N=Nc2cccc(Cl)c2)ccc1O)Nc1cccc([N+](=O)[O-])c1. The number of nitro groups is 1. The van der Waals surface area contributed by atoms with Crippen LogP contribution >= 0.6 is 23.2 Å². The summed E-state index contributed by atoms with van der Waals surface area (Å²) in [5.41, 5.74) is 3.25. The number of aromatic hydroxyl groups is 1. The van der Waals surface area contributed by atoms with Crippen molar-refractivity contribution in [2.75, 3.05) is 5.32 Å². The fourth-order valence-corrected chi connectivity index (χ4v) is 4.13. The summed E-state index contributed by atoms with van der Waals surface area (Å²) in [6, 6.07) is 15.3. The number of alkyl halides is 1. The summed E-state index contributed by atoms with van der Waals surface area (Å²) in [6.07, 6.45) is -0.688. The molecule has 1 aliphatic rings. The zero-order chi connectivity index (χ0) is 27.4. The number of anilines is 1. The van der Waals surface area contributed by atoms with E-state index in [0.717, 1.165) is 11.1 Å². The van der Waals surface area contributed by atoms with Crippen LogP contribution in [-0.4, -0.2) is 38.1 Å². The quantitative estimate of drug-likeness (QED) is 0.0888. The van der Waals surface area contributed by atoms with Gasteiger partial charge in [0.05, 0.1) is 16.3 Å². The number of β-lactam (4-membered cyclic amide) rings is 1. The Morgan fingerprint density at radius 1 is 1.03 bits per heavy atom. The third-order valence-electron chi connectivity index (χ3n) is 5.35. The Morgan fingerprint density at radius 3 is 2.45 bits per heavy atom. The lowest BCUT2D eigenvalue weighted by molar-refractivity contribution is -0.384. The Balaban J connectivity index is 1.43. The molecule has 12 nitrogen and oxygen atoms in total. The second kappa shape index (κ2) is 11.2. The molecule has 2 unspecified atom stereocenters. The molecule has 0 radical (unpaired) electrons. The second-order valence-corrected chi connectivity index (χ2v) is 8.95. The predicted molar refractivity (Wildman–Crippen MR) is 137 cm³/mol. The van der Waals surface area contributed by atoms with E-state index in [1.54, 1.807) is 24.3 Å². The topological polar surface area (TPSA) is 167 Å². The highest BCUT2D eigenvalue weighted by atomic mass is 35.5. The van der Waals surface area contributed by atoms with Gasteiger partial charge in [0.15, 0.2) is 0 Å². The summed E-state index contributed by atoms with van der Waals surface area (Å²) in [6.45, 7) is 0. The summed E-state index contributed by atoms with van der Waals surface area (Å²) in [5.74, 6) is -2.45. The van der Waals surface area contributed by atoms with Crippen LogP contribution in [0.4, 0.5) is 22.7 Å². The molecular weight excluding hydrogens is 539 g/mol. The molecule has 1 saturated heterocycles. The Kier molecular flexibility index (Phi) is 7.84. The van der Waals surface area contributed by atoms with E-state index in [1.807, 2.05) is 0 Å². The van der Waals surface area contributed by atoms with Crippen molar-refractivity contribution in [3.8, 4) is 5.75 Å². The predicted octanol–water partition coefficient (Wildman–Crippen LogP) is 4.92. The number of non-ortho nitro benzene ring substituents is 1. The van der Waals surface area contributed by atoms with Gasteiger partial charge in [0.1, 0.15) is 23.6 Å². The number of carbonyl (C=O) groups is 3. The maximum atomic E-state index is 12.5. The van der Waals surface area contributed by atoms with Gasteiger partial charge in [-0.2, -0.15) is 10.2 Å². The normalized spacial score (nSPS) is 16.7. The number of nitrogens with zero attached hydrogens (tertiary/aromatic N) is 4. The molecule has 0 spiro atoms. The van der Waals surface area contributed by atoms with Crippen LogP contribution in [0.25, 0.3) is 0 Å². The first kappa shape index (κ1) is 26.5. The molecular formula is C24H18Cl2N6O6. The number of nitrogens with one attached hydrogen (secondary N) is 2. The summed E-state index contributed by atoms with van der Waals surface area (Å²) >= 11 is 12.1. The Hall–Kier alpha value is -4.55. The lowest BCUT2D eigenvalue weighted by Gasteiger charge is -2.44. The molecule has 0 saturated carbocycles. The number of phenols is 1. The summed E-state index contributed by atoms with van der Waals surface area (Å²) in [4.78, 5) is 47.4. The molecule has 3 N–H and O–H groups in total. The van der Waals surface area contributed by atoms with Gasteiger partial charge in [0, 0.05) is 28.4 Å². The van der Waals surface area contributed by atoms with Crippen molar-refractivity contribution in [2.24, 2.45) is 10.2 Å². The van der Waals surface area contributed by atoms with Gasteiger partial charge in [0.2, 0.25) is 11.8 Å². The number of benzene rings is 3. The molecule has 3 aromatic carbocycles. The van der Waals surface area contributed by atoms with E-state index in [4.69, 9.17) is 23.2 Å². The summed E-state index contributed by atoms with van der Waals surface area (Å²) in [5, 5.41) is 32.2. The molecule has 14 heteroatoms. The summed E-state index contributed by atoms with van der Waals surface area (Å²) < 4.78 is 0. The number of nitro benzene ring substituents is 1. The molecule has 0 bridgehead atoms. The second-order valence-electron chi connectivity index (χ2n) is 8.05. The van der Waals surface area contributed by atoms with Crippen molar-refractivity contribution in [1.29, 1.82) is 0 Å². The van der Waals surface area contributed by atoms with E-state index in [2.05, 4.69) is 21.0 Å². The third-order valence-corrected chi connectivity index (χ3v) is 6.02. The van der Waals surface area contributed by atoms with Crippen LogP contribution < -0.4 is 10.7 Å². The average molecular weight is 557 g/mol. The molecule has 0 aliphatic carbocycles. The van der Waals surface area contributed by atoms with E-state index in [9.17, 15) is 29.6 Å². The Morgan fingerprint density at radius 2 is 1.74 bits per heavy atom. The molecule has 2 atom stereocenters. The number of hydrogen-bond donors (Lipinski definition) is 3. The monoisotopic (exact) mass is 556 g/mol. The van der Waals surface area contributed by atoms with E-state index >= 15 is 0 Å². The van der Waals surface area contributed by atoms with Crippen LogP contribution in [0.1, 0.15) is 18.0 Å². The molecule has 194 valence electrons. The fraction of sp³-hybridized carbons (Fsp3) is 0.125. The van der Waals surface area contributed by atoms with Crippen LogP contribution in [0.15, 0.2) is 77.0 Å². The number of azo groups is 1. The number of hydrogen-bond acceptors (Lipinski definition) is 8. The highest BCUT2D eigenvalue weighted by Gasteiger charge is 2.49. The van der Waals surface area contributed by atoms with Crippen molar-refractivity contribution in [2.45, 2.75) is 17.8 Å². The highest BCUT2D eigenvalue weighted by molar-refractivity contribution is 6.33. The van der Waals surface area contributed by atoms with Crippen LogP contribution in [-0.2, 0) is 14.4 Å². The largest absolute Gasteiger partial charge is 0.508 e. The molecule has 4 rings (SSSR count). The molecule has 3 aromatic rings. The number of rotatable bonds is 8. The van der Waals surface area contributed by atoms with E-state index in [-0.39, 0.29) is 22.7 Å². The summed E-state index contributed by atoms with van der Waals surface area (Å²) in [7, 11) is 0. The number of hydrazine groups is 1. The lowest BCUT2D eigenvalue weighted by atomic mass is 9.94. The standard InChI is InChI=1S/C24H18Cl2N6O6/c25-13-3-1-5-15(9-13)28-29-16-7-8-19(33)18(11-16)23-22(26)24(36)31(23)30-21(35)12-20(34)27-14-4-2-6-17(10-14)32(37)38/h1-11,22-23,33H,12H2,(H,27,34)(H,30,35). The van der Waals surface area contributed by atoms with Gasteiger partial charge >= 0.3 is 0 Å². The van der Waals surface area contributed by atoms with Crippen molar-refractivity contribution in [1.82, 2.24) is 10.4 Å². The van der Waals surface area contributed by atoms with Crippen LogP contribution in [0.2, 0.25) is 5.02 Å². The van der Waals surface area contributed by atoms with Gasteiger partial charge in [0.25, 0.3) is 11.6 Å². The minimum atomic E-state index is -1.10. The third kappa shape index (κ3) is 6.05. The minimum Gasteiger partial charge on any atom is -0.508 e. The van der Waals surface area contributed by atoms with Gasteiger partial charge in [-0.15, -0.1) is 11.6 Å². The zero-order valence-electron chi connectivity index (χ0n) is 19.2. The van der Waals surface area contributed by atoms with Gasteiger partial charge in [-0.1, -0.05) is 23.7 Å². The number of phenolic OH excluding ortho intramolecular Hbond substituents is 1.